The van der Waals surface area contributed by atoms with E-state index in [0.29, 0.717) is 18.9 Å². The molecule has 2 N–H and O–H groups in total. The summed E-state index contributed by atoms with van der Waals surface area (Å²) in [6.45, 7) is 3.10. The number of carbonyl (C=O) groups excluding carboxylic acids is 1. The Kier molecular flexibility index (Phi) is 3.49. The molecule has 0 fully saturated rings. The number of nitrogens with one attached hydrogen (secondary N) is 2. The number of carbonyl (C=O) groups is 1. The van der Waals surface area contributed by atoms with Crippen LogP contribution in [0.5, 0.6) is 0 Å². The van der Waals surface area contributed by atoms with E-state index >= 15 is 0 Å². The summed E-state index contributed by atoms with van der Waals surface area (Å²) >= 11 is 0. The van der Waals surface area contributed by atoms with E-state index in [1.54, 1.807) is 6.33 Å². The predicted molar refractivity (Wildman–Crippen MR) is 71.6 cm³/mol. The summed E-state index contributed by atoms with van der Waals surface area (Å²) in [6, 6.07) is 0. The summed E-state index contributed by atoms with van der Waals surface area (Å²) in [4.78, 5) is 20.6. The Morgan fingerprint density at radius 2 is 2.50 bits per heavy atom. The second-order valence-electron chi connectivity index (χ2n) is 5.04. The molecule has 7 heteroatoms. The third-order valence-electron chi connectivity index (χ3n) is 3.66. The normalized spacial score (nSPS) is 17.8. The van der Waals surface area contributed by atoms with Crippen LogP contribution in [-0.2, 0) is 30.7 Å². The number of aryl methyl sites for hydroxylation is 2. The van der Waals surface area contributed by atoms with Gasteiger partial charge in [-0.3, -0.25) is 9.89 Å². The molecule has 0 aromatic carbocycles. The largest absolute Gasteiger partial charge is 0.349 e. The number of aromatic amines is 1. The first-order chi connectivity index (χ1) is 9.76. The van der Waals surface area contributed by atoms with Gasteiger partial charge in [0.2, 0.25) is 5.91 Å². The first kappa shape index (κ1) is 12.8. The van der Waals surface area contributed by atoms with Crippen molar-refractivity contribution in [2.24, 2.45) is 5.92 Å². The van der Waals surface area contributed by atoms with E-state index < -0.39 is 0 Å². The molecule has 0 saturated carbocycles. The number of hydrogen-bond donors (Lipinski definition) is 2. The molecule has 1 aliphatic heterocycles. The molecule has 1 atom stereocenters. The summed E-state index contributed by atoms with van der Waals surface area (Å²) in [6.07, 6.45) is 6.22. The monoisotopic (exact) mass is 274 g/mol. The third-order valence-corrected chi connectivity index (χ3v) is 3.66. The van der Waals surface area contributed by atoms with Gasteiger partial charge in [0, 0.05) is 24.9 Å². The van der Waals surface area contributed by atoms with Crippen LogP contribution in [0.15, 0.2) is 12.5 Å². The molecule has 1 aliphatic rings. The highest BCUT2D eigenvalue weighted by Crippen LogP contribution is 2.19. The first-order valence-corrected chi connectivity index (χ1v) is 6.93. The highest BCUT2D eigenvalue weighted by molar-refractivity contribution is 5.78. The van der Waals surface area contributed by atoms with E-state index in [9.17, 15) is 4.79 Å². The van der Waals surface area contributed by atoms with Crippen LogP contribution in [0.25, 0.3) is 0 Å². The van der Waals surface area contributed by atoms with Gasteiger partial charge in [0.05, 0.1) is 18.8 Å². The zero-order chi connectivity index (χ0) is 13.9. The standard InChI is InChI=1S/C13H18N6O/c1-2-11-16-12(18-17-11)6-15-13(20)9-3-4-10-5-14-8-19(10)7-9/h5,8-9H,2-4,6-7H2,1H3,(H,15,20)(H,16,17,18). The van der Waals surface area contributed by atoms with Gasteiger partial charge in [-0.1, -0.05) is 6.92 Å². The van der Waals surface area contributed by atoms with Crippen molar-refractivity contribution in [3.63, 3.8) is 0 Å². The fraction of sp³-hybridized carbons (Fsp3) is 0.538. The lowest BCUT2D eigenvalue weighted by molar-refractivity contribution is -0.126. The van der Waals surface area contributed by atoms with E-state index in [-0.39, 0.29) is 11.8 Å². The Labute approximate surface area is 116 Å². The number of hydrogen-bond acceptors (Lipinski definition) is 4. The Balaban J connectivity index is 1.55. The fourth-order valence-electron chi connectivity index (χ4n) is 2.47. The number of nitrogens with zero attached hydrogens (tertiary/aromatic N) is 4. The van der Waals surface area contributed by atoms with Gasteiger partial charge in [0.25, 0.3) is 0 Å². The summed E-state index contributed by atoms with van der Waals surface area (Å²) < 4.78 is 2.05. The topological polar surface area (TPSA) is 88.5 Å². The van der Waals surface area contributed by atoms with Gasteiger partial charge in [0.1, 0.15) is 5.82 Å². The molecule has 1 unspecified atom stereocenters. The summed E-state index contributed by atoms with van der Waals surface area (Å²) in [7, 11) is 0. The Bertz CT molecular complexity index is 602. The number of amides is 1. The minimum absolute atomic E-state index is 0.00488. The summed E-state index contributed by atoms with van der Waals surface area (Å²) in [5, 5.41) is 9.81. The van der Waals surface area contributed by atoms with Crippen molar-refractivity contribution in [1.82, 2.24) is 30.0 Å². The molecule has 0 aliphatic carbocycles. The van der Waals surface area contributed by atoms with Crippen LogP contribution in [0.1, 0.15) is 30.7 Å². The maximum absolute atomic E-state index is 12.2. The van der Waals surface area contributed by atoms with E-state index in [2.05, 4.69) is 30.0 Å². The van der Waals surface area contributed by atoms with Crippen LogP contribution in [0, 0.1) is 5.92 Å². The van der Waals surface area contributed by atoms with Crippen LogP contribution in [0.3, 0.4) is 0 Å². The van der Waals surface area contributed by atoms with Crippen molar-refractivity contribution in [2.75, 3.05) is 0 Å². The van der Waals surface area contributed by atoms with Gasteiger partial charge in [-0.25, -0.2) is 9.97 Å². The molecule has 0 spiro atoms. The van der Waals surface area contributed by atoms with E-state index in [4.69, 9.17) is 0 Å². The molecule has 3 heterocycles. The second-order valence-corrected chi connectivity index (χ2v) is 5.04. The van der Waals surface area contributed by atoms with Gasteiger partial charge in [-0.05, 0) is 12.8 Å². The van der Waals surface area contributed by atoms with Gasteiger partial charge in [0.15, 0.2) is 5.82 Å². The minimum Gasteiger partial charge on any atom is -0.349 e. The smallest absolute Gasteiger partial charge is 0.225 e. The van der Waals surface area contributed by atoms with E-state index in [0.717, 1.165) is 25.1 Å². The molecular formula is C13H18N6O. The molecular weight excluding hydrogens is 256 g/mol. The first-order valence-electron chi connectivity index (χ1n) is 6.93. The lowest BCUT2D eigenvalue weighted by Crippen LogP contribution is -2.35. The zero-order valence-electron chi connectivity index (χ0n) is 11.5. The molecule has 3 rings (SSSR count). The van der Waals surface area contributed by atoms with Crippen molar-refractivity contribution in [2.45, 2.75) is 39.3 Å². The van der Waals surface area contributed by atoms with Gasteiger partial charge < -0.3 is 9.88 Å². The van der Waals surface area contributed by atoms with Crippen LogP contribution in [0.4, 0.5) is 0 Å². The Morgan fingerprint density at radius 3 is 3.30 bits per heavy atom. The molecule has 0 radical (unpaired) electrons. The van der Waals surface area contributed by atoms with Crippen LogP contribution in [0.2, 0.25) is 0 Å². The molecule has 1 amide bonds. The molecule has 0 saturated heterocycles. The molecule has 2 aromatic heterocycles. The number of H-pyrrole nitrogens is 1. The van der Waals surface area contributed by atoms with Gasteiger partial charge >= 0.3 is 0 Å². The van der Waals surface area contributed by atoms with Crippen molar-refractivity contribution >= 4 is 5.91 Å². The third kappa shape index (κ3) is 2.56. The lowest BCUT2D eigenvalue weighted by Gasteiger charge is -2.23. The van der Waals surface area contributed by atoms with Crippen molar-refractivity contribution in [1.29, 1.82) is 0 Å². The minimum atomic E-state index is 0.00488. The number of aromatic nitrogens is 5. The van der Waals surface area contributed by atoms with Gasteiger partial charge in [-0.2, -0.15) is 5.10 Å². The molecule has 20 heavy (non-hydrogen) atoms. The summed E-state index contributed by atoms with van der Waals surface area (Å²) in [5.41, 5.74) is 1.21. The van der Waals surface area contributed by atoms with E-state index in [1.165, 1.54) is 5.69 Å². The molecule has 7 nitrogen and oxygen atoms in total. The van der Waals surface area contributed by atoms with Crippen LogP contribution in [-0.4, -0.2) is 30.6 Å². The molecule has 2 aromatic rings. The highest BCUT2D eigenvalue weighted by Gasteiger charge is 2.24. The second kappa shape index (κ2) is 5.44. The average Bonchev–Trinajstić information content (AvgIpc) is 3.12. The number of imidazole rings is 1. The fourth-order valence-corrected chi connectivity index (χ4v) is 2.47. The average molecular weight is 274 g/mol. The van der Waals surface area contributed by atoms with Crippen molar-refractivity contribution in [3.8, 4) is 0 Å². The Hall–Kier alpha value is -2.18. The Morgan fingerprint density at radius 1 is 1.60 bits per heavy atom. The van der Waals surface area contributed by atoms with E-state index in [1.807, 2.05) is 13.1 Å². The van der Waals surface area contributed by atoms with Crippen LogP contribution < -0.4 is 5.32 Å². The molecule has 0 bridgehead atoms. The van der Waals surface area contributed by atoms with Crippen molar-refractivity contribution in [3.05, 3.63) is 29.9 Å². The maximum atomic E-state index is 12.2. The van der Waals surface area contributed by atoms with Crippen LogP contribution >= 0.6 is 0 Å². The predicted octanol–water partition coefficient (Wildman–Crippen LogP) is 0.442. The number of fused-ring (bicyclic) bond motifs is 1. The molecule has 106 valence electrons. The highest BCUT2D eigenvalue weighted by atomic mass is 16.1. The maximum Gasteiger partial charge on any atom is 0.225 e. The van der Waals surface area contributed by atoms with Gasteiger partial charge in [-0.15, -0.1) is 0 Å². The lowest BCUT2D eigenvalue weighted by atomic mass is 9.97. The number of rotatable bonds is 4. The zero-order valence-corrected chi connectivity index (χ0v) is 11.5. The summed E-state index contributed by atoms with van der Waals surface area (Å²) in [5.74, 6) is 1.55. The quantitative estimate of drug-likeness (QED) is 0.847. The van der Waals surface area contributed by atoms with Crippen molar-refractivity contribution < 1.29 is 4.79 Å². The SMILES string of the molecule is CCc1n[nH]c(CNC(=O)C2CCc3cncn3C2)n1.